The van der Waals surface area contributed by atoms with Gasteiger partial charge in [0.1, 0.15) is 5.75 Å². The van der Waals surface area contributed by atoms with Gasteiger partial charge in [-0.1, -0.05) is 35.9 Å². The molecule has 3 nitrogen and oxygen atoms in total. The van der Waals surface area contributed by atoms with Gasteiger partial charge in [0.15, 0.2) is 0 Å². The second-order valence-electron chi connectivity index (χ2n) is 6.02. The lowest BCUT2D eigenvalue weighted by molar-refractivity contribution is 0.0151. The van der Waals surface area contributed by atoms with Crippen molar-refractivity contribution in [2.45, 2.75) is 19.1 Å². The van der Waals surface area contributed by atoms with Gasteiger partial charge in [-0.05, 0) is 56.4 Å². The Kier molecular flexibility index (Phi) is 6.05. The van der Waals surface area contributed by atoms with E-state index in [4.69, 9.17) is 21.1 Å². The second-order valence-corrected chi connectivity index (χ2v) is 6.45. The van der Waals surface area contributed by atoms with Gasteiger partial charge in [-0.25, -0.2) is 0 Å². The highest BCUT2D eigenvalue weighted by Gasteiger charge is 2.29. The smallest absolute Gasteiger partial charge is 0.118 e. The van der Waals surface area contributed by atoms with Crippen molar-refractivity contribution in [3.63, 3.8) is 0 Å². The molecule has 0 fully saturated rings. The number of nitrogens with zero attached hydrogens (tertiary/aromatic N) is 1. The van der Waals surface area contributed by atoms with Gasteiger partial charge in [0, 0.05) is 5.02 Å². The molecule has 0 aliphatic rings. The zero-order chi connectivity index (χ0) is 16.9. The van der Waals surface area contributed by atoms with Crippen LogP contribution < -0.4 is 4.74 Å². The molecule has 4 heteroatoms. The Morgan fingerprint density at radius 1 is 1.00 bits per heavy atom. The van der Waals surface area contributed by atoms with E-state index in [2.05, 4.69) is 38.1 Å². The molecule has 0 spiro atoms. The maximum absolute atomic E-state index is 5.98. The van der Waals surface area contributed by atoms with Crippen molar-refractivity contribution < 1.29 is 9.47 Å². The van der Waals surface area contributed by atoms with Gasteiger partial charge in [-0.15, -0.1) is 0 Å². The van der Waals surface area contributed by atoms with Crippen molar-refractivity contribution in [3.8, 4) is 5.75 Å². The van der Waals surface area contributed by atoms with Crippen LogP contribution in [-0.2, 0) is 16.9 Å². The van der Waals surface area contributed by atoms with Crippen LogP contribution in [0.15, 0.2) is 48.5 Å². The predicted molar refractivity (Wildman–Crippen MR) is 95.1 cm³/mol. The molecular weight excluding hydrogens is 310 g/mol. The molecule has 0 aromatic heterocycles. The van der Waals surface area contributed by atoms with Gasteiger partial charge in [0.25, 0.3) is 0 Å². The zero-order valence-electron chi connectivity index (χ0n) is 14.2. The van der Waals surface area contributed by atoms with Crippen LogP contribution in [0.25, 0.3) is 0 Å². The third-order valence-electron chi connectivity index (χ3n) is 4.26. The normalized spacial score (nSPS) is 13.8. The van der Waals surface area contributed by atoms with E-state index in [9.17, 15) is 0 Å². The van der Waals surface area contributed by atoms with Gasteiger partial charge in [0.2, 0.25) is 0 Å². The molecule has 2 aromatic rings. The lowest BCUT2D eigenvalue weighted by atomic mass is 9.91. The van der Waals surface area contributed by atoms with Crippen LogP contribution in [0.1, 0.15) is 18.1 Å². The van der Waals surface area contributed by atoms with Crippen molar-refractivity contribution in [3.05, 3.63) is 64.7 Å². The second kappa shape index (κ2) is 7.82. The van der Waals surface area contributed by atoms with E-state index >= 15 is 0 Å². The molecule has 0 radical (unpaired) electrons. The van der Waals surface area contributed by atoms with E-state index in [1.165, 1.54) is 5.56 Å². The van der Waals surface area contributed by atoms with Gasteiger partial charge >= 0.3 is 0 Å². The quantitative estimate of drug-likeness (QED) is 0.752. The molecule has 0 aliphatic heterocycles. The summed E-state index contributed by atoms with van der Waals surface area (Å²) in [6, 6.07) is 15.9. The molecule has 2 rings (SSSR count). The first-order valence-electron chi connectivity index (χ1n) is 7.60. The minimum atomic E-state index is -0.210. The summed E-state index contributed by atoms with van der Waals surface area (Å²) in [6.07, 6.45) is 0. The van der Waals surface area contributed by atoms with E-state index in [0.717, 1.165) is 16.3 Å². The fourth-order valence-corrected chi connectivity index (χ4v) is 2.49. The van der Waals surface area contributed by atoms with Gasteiger partial charge in [0.05, 0.1) is 25.9 Å². The van der Waals surface area contributed by atoms with Crippen LogP contribution in [0.4, 0.5) is 0 Å². The number of rotatable bonds is 7. The number of halogens is 1. The maximum atomic E-state index is 5.98. The summed E-state index contributed by atoms with van der Waals surface area (Å²) >= 11 is 5.91. The Balaban J connectivity index is 2.05. The molecular formula is C19H24ClNO2. The Morgan fingerprint density at radius 2 is 1.61 bits per heavy atom. The molecule has 1 unspecified atom stereocenters. The van der Waals surface area contributed by atoms with Crippen molar-refractivity contribution >= 4 is 11.6 Å². The van der Waals surface area contributed by atoms with Crippen LogP contribution in [0.5, 0.6) is 5.75 Å². The molecule has 0 saturated heterocycles. The predicted octanol–water partition coefficient (Wildman–Crippen LogP) is 4.34. The van der Waals surface area contributed by atoms with Crippen LogP contribution in [0, 0.1) is 0 Å². The summed E-state index contributed by atoms with van der Waals surface area (Å²) in [5, 5.41) is 0.741. The third kappa shape index (κ3) is 4.47. The highest BCUT2D eigenvalue weighted by molar-refractivity contribution is 6.30. The molecule has 23 heavy (non-hydrogen) atoms. The number of benzene rings is 2. The Hall–Kier alpha value is -1.55. The lowest BCUT2D eigenvalue weighted by Gasteiger charge is -2.37. The monoisotopic (exact) mass is 333 g/mol. The van der Waals surface area contributed by atoms with Crippen molar-refractivity contribution in [1.82, 2.24) is 4.90 Å². The number of hydrogen-bond donors (Lipinski definition) is 0. The van der Waals surface area contributed by atoms with Gasteiger partial charge in [-0.3, -0.25) is 4.90 Å². The van der Waals surface area contributed by atoms with E-state index in [-0.39, 0.29) is 5.54 Å². The molecule has 124 valence electrons. The zero-order valence-corrected chi connectivity index (χ0v) is 14.9. The Bertz CT molecular complexity index is 610. The van der Waals surface area contributed by atoms with Crippen LogP contribution >= 0.6 is 11.6 Å². The molecule has 2 aromatic carbocycles. The minimum Gasteiger partial charge on any atom is -0.497 e. The first kappa shape index (κ1) is 17.8. The summed E-state index contributed by atoms with van der Waals surface area (Å²) in [6.45, 7) is 3.34. The fraction of sp³-hybridized carbons (Fsp3) is 0.368. The van der Waals surface area contributed by atoms with Crippen LogP contribution in [0.3, 0.4) is 0 Å². The Labute approximate surface area is 143 Å². The molecule has 0 N–H and O–H groups in total. The molecule has 0 amide bonds. The molecule has 1 atom stereocenters. The van der Waals surface area contributed by atoms with E-state index in [1.807, 2.05) is 36.4 Å². The molecule has 0 heterocycles. The van der Waals surface area contributed by atoms with Gasteiger partial charge in [-0.2, -0.15) is 0 Å². The first-order chi connectivity index (χ1) is 11.0. The standard InChI is InChI=1S/C19H24ClNO2/c1-19(21(2)3,16-7-11-18(22-4)12-8-16)14-23-13-15-5-9-17(20)10-6-15/h5-12H,13-14H2,1-4H3. The van der Waals surface area contributed by atoms with E-state index in [1.54, 1.807) is 7.11 Å². The Morgan fingerprint density at radius 3 is 2.13 bits per heavy atom. The number of methoxy groups -OCH3 is 1. The van der Waals surface area contributed by atoms with Crippen molar-refractivity contribution in [2.24, 2.45) is 0 Å². The third-order valence-corrected chi connectivity index (χ3v) is 4.52. The first-order valence-corrected chi connectivity index (χ1v) is 7.97. The maximum Gasteiger partial charge on any atom is 0.118 e. The van der Waals surface area contributed by atoms with Gasteiger partial charge < -0.3 is 9.47 Å². The minimum absolute atomic E-state index is 0.210. The SMILES string of the molecule is COc1ccc(C(C)(COCc2ccc(Cl)cc2)N(C)C)cc1. The summed E-state index contributed by atoms with van der Waals surface area (Å²) < 4.78 is 11.2. The van der Waals surface area contributed by atoms with Crippen molar-refractivity contribution in [1.29, 1.82) is 0 Å². The number of ether oxygens (including phenoxy) is 2. The highest BCUT2D eigenvalue weighted by Crippen LogP contribution is 2.28. The molecule has 0 saturated carbocycles. The van der Waals surface area contributed by atoms with Crippen LogP contribution in [0.2, 0.25) is 5.02 Å². The summed E-state index contributed by atoms with van der Waals surface area (Å²) in [7, 11) is 5.81. The summed E-state index contributed by atoms with van der Waals surface area (Å²) in [4.78, 5) is 2.18. The van der Waals surface area contributed by atoms with E-state index < -0.39 is 0 Å². The van der Waals surface area contributed by atoms with E-state index in [0.29, 0.717) is 13.2 Å². The summed E-state index contributed by atoms with van der Waals surface area (Å²) in [5.74, 6) is 0.858. The molecule has 0 aliphatic carbocycles. The largest absolute Gasteiger partial charge is 0.497 e. The average molecular weight is 334 g/mol. The number of hydrogen-bond acceptors (Lipinski definition) is 3. The summed E-state index contributed by atoms with van der Waals surface area (Å²) in [5.41, 5.74) is 2.10. The topological polar surface area (TPSA) is 21.7 Å². The molecule has 0 bridgehead atoms. The van der Waals surface area contributed by atoms with Crippen LogP contribution in [-0.4, -0.2) is 32.7 Å². The lowest BCUT2D eigenvalue weighted by Crippen LogP contribution is -2.42. The average Bonchev–Trinajstić information content (AvgIpc) is 2.56. The highest BCUT2D eigenvalue weighted by atomic mass is 35.5. The number of likely N-dealkylation sites (N-methyl/N-ethyl adjacent to an activating group) is 1. The fourth-order valence-electron chi connectivity index (χ4n) is 2.37. The van der Waals surface area contributed by atoms with Crippen molar-refractivity contribution in [2.75, 3.05) is 27.8 Å².